The minimum Gasteiger partial charge on any atom is -0.270 e. The van der Waals surface area contributed by atoms with Crippen molar-refractivity contribution >= 4 is 0 Å². The van der Waals surface area contributed by atoms with Crippen LogP contribution in [0.5, 0.6) is 0 Å². The predicted octanol–water partition coefficient (Wildman–Crippen LogP) is 1.13. The Morgan fingerprint density at radius 2 is 2.08 bits per heavy atom. The van der Waals surface area contributed by atoms with Gasteiger partial charge in [0.25, 0.3) is 0 Å². The maximum Gasteiger partial charge on any atom is 0.0773 e. The summed E-state index contributed by atoms with van der Waals surface area (Å²) in [6.45, 7) is 8.14. The molecule has 3 atom stereocenters. The summed E-state index contributed by atoms with van der Waals surface area (Å²) >= 11 is 0. The lowest BCUT2D eigenvalue weighted by Crippen LogP contribution is -2.49. The number of hydrogen-bond donors (Lipinski definition) is 2. The molecule has 2 saturated heterocycles. The lowest BCUT2D eigenvalue weighted by atomic mass is 9.85. The van der Waals surface area contributed by atoms with Gasteiger partial charge in [0, 0.05) is 6.54 Å². The number of fused-ring (bicyclic) bond motifs is 1. The van der Waals surface area contributed by atoms with Crippen molar-refractivity contribution in [2.75, 3.05) is 6.54 Å². The van der Waals surface area contributed by atoms with Gasteiger partial charge in [-0.3, -0.25) is 4.90 Å². The monoisotopic (exact) mass is 183 g/mol. The molecule has 2 heterocycles. The Balaban J connectivity index is 2.07. The molecule has 0 spiro atoms. The summed E-state index contributed by atoms with van der Waals surface area (Å²) in [6, 6.07) is 0. The van der Waals surface area contributed by atoms with Gasteiger partial charge in [-0.25, -0.2) is 10.9 Å². The summed E-state index contributed by atoms with van der Waals surface area (Å²) in [5, 5.41) is 0. The number of hydrogen-bond acceptors (Lipinski definition) is 3. The van der Waals surface area contributed by atoms with Crippen molar-refractivity contribution in [3.63, 3.8) is 0 Å². The van der Waals surface area contributed by atoms with Crippen LogP contribution in [0.1, 0.15) is 33.6 Å². The molecule has 2 aliphatic heterocycles. The molecular weight excluding hydrogens is 162 g/mol. The van der Waals surface area contributed by atoms with Crippen molar-refractivity contribution in [3.05, 3.63) is 0 Å². The average molecular weight is 183 g/mol. The third-order valence-electron chi connectivity index (χ3n) is 3.51. The summed E-state index contributed by atoms with van der Waals surface area (Å²) in [7, 11) is 0. The molecule has 0 aromatic heterocycles. The van der Waals surface area contributed by atoms with Gasteiger partial charge in [0.2, 0.25) is 0 Å². The minimum atomic E-state index is 0.506. The molecule has 3 unspecified atom stereocenters. The van der Waals surface area contributed by atoms with E-state index in [0.717, 1.165) is 11.8 Å². The summed E-state index contributed by atoms with van der Waals surface area (Å²) in [5.74, 6) is 1.60. The topological polar surface area (TPSA) is 27.3 Å². The van der Waals surface area contributed by atoms with Gasteiger partial charge in [0.15, 0.2) is 0 Å². The van der Waals surface area contributed by atoms with Crippen LogP contribution in [0.4, 0.5) is 0 Å². The summed E-state index contributed by atoms with van der Waals surface area (Å²) in [4.78, 5) is 2.55. The van der Waals surface area contributed by atoms with E-state index in [9.17, 15) is 0 Å². The van der Waals surface area contributed by atoms with Crippen LogP contribution >= 0.6 is 0 Å². The van der Waals surface area contributed by atoms with Gasteiger partial charge in [-0.1, -0.05) is 13.8 Å². The maximum atomic E-state index is 3.42. The Morgan fingerprint density at radius 3 is 2.77 bits per heavy atom. The first kappa shape index (κ1) is 9.44. The number of piperidine rings is 1. The molecule has 76 valence electrons. The van der Waals surface area contributed by atoms with Crippen molar-refractivity contribution < 1.29 is 0 Å². The zero-order valence-electron chi connectivity index (χ0n) is 8.88. The van der Waals surface area contributed by atoms with E-state index in [1.165, 1.54) is 19.4 Å². The standard InChI is InChI=1S/C10H21N3/c1-7(2)9-5-4-6-13-8(3)11-12-10(9)13/h7-12H,4-6H2,1-3H3. The van der Waals surface area contributed by atoms with Crippen molar-refractivity contribution in [2.24, 2.45) is 11.8 Å². The molecule has 2 N–H and O–H groups in total. The third-order valence-corrected chi connectivity index (χ3v) is 3.51. The molecule has 2 rings (SSSR count). The molecule has 3 heteroatoms. The fourth-order valence-electron chi connectivity index (χ4n) is 2.66. The molecular formula is C10H21N3. The van der Waals surface area contributed by atoms with Gasteiger partial charge < -0.3 is 0 Å². The van der Waals surface area contributed by atoms with Crippen LogP contribution in [0.3, 0.4) is 0 Å². The Hall–Kier alpha value is -0.120. The molecule has 0 radical (unpaired) electrons. The van der Waals surface area contributed by atoms with Crippen molar-refractivity contribution in [3.8, 4) is 0 Å². The Labute approximate surface area is 80.8 Å². The smallest absolute Gasteiger partial charge is 0.0773 e. The van der Waals surface area contributed by atoms with E-state index in [-0.39, 0.29) is 0 Å². The first-order valence-corrected chi connectivity index (χ1v) is 5.47. The quantitative estimate of drug-likeness (QED) is 0.638. The molecule has 0 aliphatic carbocycles. The highest BCUT2D eigenvalue weighted by Crippen LogP contribution is 2.30. The highest BCUT2D eigenvalue weighted by molar-refractivity contribution is 4.89. The molecule has 2 fully saturated rings. The number of hydrazine groups is 1. The normalized spacial score (nSPS) is 41.1. The van der Waals surface area contributed by atoms with Crippen LogP contribution in [0, 0.1) is 11.8 Å². The van der Waals surface area contributed by atoms with E-state index in [2.05, 4.69) is 36.5 Å². The van der Waals surface area contributed by atoms with Crippen LogP contribution in [0.15, 0.2) is 0 Å². The fourth-order valence-corrected chi connectivity index (χ4v) is 2.66. The van der Waals surface area contributed by atoms with Gasteiger partial charge in [0.1, 0.15) is 0 Å². The summed E-state index contributed by atoms with van der Waals surface area (Å²) in [5.41, 5.74) is 6.74. The first-order chi connectivity index (χ1) is 6.20. The minimum absolute atomic E-state index is 0.506. The largest absolute Gasteiger partial charge is 0.270 e. The van der Waals surface area contributed by atoms with E-state index in [0.29, 0.717) is 12.3 Å². The highest BCUT2D eigenvalue weighted by atomic mass is 15.6. The Kier molecular flexibility index (Phi) is 2.58. The summed E-state index contributed by atoms with van der Waals surface area (Å²) in [6.07, 6.45) is 3.81. The lowest BCUT2D eigenvalue weighted by molar-refractivity contribution is 0.0708. The zero-order valence-corrected chi connectivity index (χ0v) is 8.88. The van der Waals surface area contributed by atoms with Crippen LogP contribution in [-0.4, -0.2) is 23.8 Å². The maximum absolute atomic E-state index is 3.42. The fraction of sp³-hybridized carbons (Fsp3) is 1.00. The number of rotatable bonds is 1. The van der Waals surface area contributed by atoms with E-state index in [1.807, 2.05) is 0 Å². The first-order valence-electron chi connectivity index (χ1n) is 5.47. The van der Waals surface area contributed by atoms with E-state index in [4.69, 9.17) is 0 Å². The lowest BCUT2D eigenvalue weighted by Gasteiger charge is -2.39. The van der Waals surface area contributed by atoms with Gasteiger partial charge in [-0.05, 0) is 31.6 Å². The Bertz CT molecular complexity index is 181. The molecule has 3 nitrogen and oxygen atoms in total. The van der Waals surface area contributed by atoms with Crippen molar-refractivity contribution in [1.82, 2.24) is 15.8 Å². The van der Waals surface area contributed by atoms with E-state index < -0.39 is 0 Å². The van der Waals surface area contributed by atoms with Gasteiger partial charge in [0.05, 0.1) is 12.3 Å². The molecule has 0 saturated carbocycles. The third kappa shape index (κ3) is 1.60. The second-order valence-corrected chi connectivity index (χ2v) is 4.70. The molecule has 0 amide bonds. The van der Waals surface area contributed by atoms with Crippen LogP contribution < -0.4 is 10.9 Å². The molecule has 2 aliphatic rings. The predicted molar refractivity (Wildman–Crippen MR) is 53.8 cm³/mol. The SMILES string of the molecule is CC(C)C1CCCN2C(C)NNC12. The van der Waals surface area contributed by atoms with Gasteiger partial charge in [-0.15, -0.1) is 0 Å². The highest BCUT2D eigenvalue weighted by Gasteiger charge is 2.39. The van der Waals surface area contributed by atoms with E-state index in [1.54, 1.807) is 0 Å². The molecule has 0 bridgehead atoms. The van der Waals surface area contributed by atoms with E-state index >= 15 is 0 Å². The van der Waals surface area contributed by atoms with Crippen LogP contribution in [0.25, 0.3) is 0 Å². The van der Waals surface area contributed by atoms with Gasteiger partial charge >= 0.3 is 0 Å². The number of nitrogens with zero attached hydrogens (tertiary/aromatic N) is 1. The zero-order chi connectivity index (χ0) is 9.42. The van der Waals surface area contributed by atoms with Crippen LogP contribution in [-0.2, 0) is 0 Å². The number of nitrogens with one attached hydrogen (secondary N) is 2. The van der Waals surface area contributed by atoms with Gasteiger partial charge in [-0.2, -0.15) is 0 Å². The second kappa shape index (κ2) is 3.56. The summed E-state index contributed by atoms with van der Waals surface area (Å²) < 4.78 is 0. The molecule has 13 heavy (non-hydrogen) atoms. The Morgan fingerprint density at radius 1 is 1.31 bits per heavy atom. The average Bonchev–Trinajstić information content (AvgIpc) is 2.48. The van der Waals surface area contributed by atoms with Crippen molar-refractivity contribution in [2.45, 2.75) is 45.9 Å². The van der Waals surface area contributed by atoms with Crippen LogP contribution in [0.2, 0.25) is 0 Å². The van der Waals surface area contributed by atoms with Crippen molar-refractivity contribution in [1.29, 1.82) is 0 Å². The molecule has 0 aromatic carbocycles. The second-order valence-electron chi connectivity index (χ2n) is 4.70. The molecule has 0 aromatic rings.